The topological polar surface area (TPSA) is 76.2 Å². The summed E-state index contributed by atoms with van der Waals surface area (Å²) in [6.07, 6.45) is 0.285. The summed E-state index contributed by atoms with van der Waals surface area (Å²) >= 11 is 0. The Morgan fingerprint density at radius 2 is 1.81 bits per heavy atom. The van der Waals surface area contributed by atoms with Crippen LogP contribution in [0.4, 0.5) is 11.4 Å². The fourth-order valence-corrected chi connectivity index (χ4v) is 3.92. The van der Waals surface area contributed by atoms with E-state index in [0.717, 1.165) is 0 Å². The quantitative estimate of drug-likeness (QED) is 0.780. The Kier molecular flexibility index (Phi) is 3.87. The third-order valence-electron chi connectivity index (χ3n) is 5.08. The number of methoxy groups -OCH3 is 2. The monoisotopic (exact) mass is 366 g/mol. The van der Waals surface area contributed by atoms with Crippen LogP contribution in [0.2, 0.25) is 0 Å². The van der Waals surface area contributed by atoms with Gasteiger partial charge in [0.25, 0.3) is 5.91 Å². The number of fused-ring (bicyclic) bond motifs is 3. The first-order valence-corrected chi connectivity index (χ1v) is 8.53. The number of benzene rings is 2. The van der Waals surface area contributed by atoms with Crippen molar-refractivity contribution < 1.29 is 23.9 Å². The number of ether oxygens (including phenoxy) is 2. The first-order valence-electron chi connectivity index (χ1n) is 8.53. The van der Waals surface area contributed by atoms with Crippen LogP contribution >= 0.6 is 0 Å². The van der Waals surface area contributed by atoms with E-state index in [0.29, 0.717) is 22.7 Å². The predicted octanol–water partition coefficient (Wildman–Crippen LogP) is 2.35. The van der Waals surface area contributed by atoms with Gasteiger partial charge in [-0.25, -0.2) is 4.79 Å². The molecule has 0 bridgehead atoms. The average molecular weight is 366 g/mol. The molecule has 1 fully saturated rings. The van der Waals surface area contributed by atoms with Crippen LogP contribution in [-0.2, 0) is 14.3 Å². The molecule has 7 nitrogen and oxygen atoms in total. The molecular formula is C20H18N2O5. The van der Waals surface area contributed by atoms with Crippen molar-refractivity contribution in [3.8, 4) is 5.75 Å². The molecule has 1 saturated heterocycles. The molecule has 27 heavy (non-hydrogen) atoms. The number of carbonyl (C=O) groups excluding carboxylic acids is 3. The lowest BCUT2D eigenvalue weighted by atomic mass is 9.95. The molecule has 2 aromatic rings. The minimum atomic E-state index is -1.55. The van der Waals surface area contributed by atoms with Crippen LogP contribution in [0.1, 0.15) is 23.2 Å². The van der Waals surface area contributed by atoms with Crippen molar-refractivity contribution in [3.63, 3.8) is 0 Å². The number of hydrogen-bond acceptors (Lipinski definition) is 5. The van der Waals surface area contributed by atoms with Crippen LogP contribution < -0.4 is 14.5 Å². The maximum absolute atomic E-state index is 13.4. The van der Waals surface area contributed by atoms with Gasteiger partial charge >= 0.3 is 5.97 Å². The number of rotatable bonds is 3. The molecule has 1 atom stereocenters. The van der Waals surface area contributed by atoms with Gasteiger partial charge in [0.1, 0.15) is 5.75 Å². The van der Waals surface area contributed by atoms with Crippen LogP contribution in [0.25, 0.3) is 0 Å². The van der Waals surface area contributed by atoms with Gasteiger partial charge < -0.3 is 9.47 Å². The molecule has 0 N–H and O–H groups in total. The second-order valence-electron chi connectivity index (χ2n) is 6.40. The molecule has 0 saturated carbocycles. The van der Waals surface area contributed by atoms with E-state index in [1.807, 2.05) is 0 Å². The summed E-state index contributed by atoms with van der Waals surface area (Å²) in [5.74, 6) is -0.711. The highest BCUT2D eigenvalue weighted by Crippen LogP contribution is 2.47. The van der Waals surface area contributed by atoms with Gasteiger partial charge in [-0.2, -0.15) is 0 Å². The smallest absolute Gasteiger partial charge is 0.353 e. The zero-order valence-electron chi connectivity index (χ0n) is 15.0. The molecule has 0 aliphatic carbocycles. The molecule has 2 amide bonds. The van der Waals surface area contributed by atoms with Crippen LogP contribution in [-0.4, -0.2) is 37.7 Å². The van der Waals surface area contributed by atoms with Crippen molar-refractivity contribution >= 4 is 29.2 Å². The average Bonchev–Trinajstić information content (AvgIpc) is 3.06. The minimum absolute atomic E-state index is 0.136. The molecule has 2 aromatic carbocycles. The second kappa shape index (κ2) is 6.12. The highest BCUT2D eigenvalue weighted by Gasteiger charge is 2.62. The Hall–Kier alpha value is -3.35. The van der Waals surface area contributed by atoms with E-state index in [-0.39, 0.29) is 24.7 Å². The maximum Gasteiger partial charge on any atom is 0.353 e. The van der Waals surface area contributed by atoms with Gasteiger partial charge in [-0.3, -0.25) is 19.4 Å². The third-order valence-corrected chi connectivity index (χ3v) is 5.08. The highest BCUT2D eigenvalue weighted by molar-refractivity contribution is 6.22. The van der Waals surface area contributed by atoms with E-state index in [1.54, 1.807) is 48.5 Å². The minimum Gasteiger partial charge on any atom is -0.497 e. The first-order chi connectivity index (χ1) is 13.0. The lowest BCUT2D eigenvalue weighted by Gasteiger charge is -2.48. The van der Waals surface area contributed by atoms with Gasteiger partial charge in [-0.1, -0.05) is 18.2 Å². The molecule has 7 heteroatoms. The summed E-state index contributed by atoms with van der Waals surface area (Å²) in [5.41, 5.74) is -0.313. The van der Waals surface area contributed by atoms with E-state index in [4.69, 9.17) is 9.47 Å². The lowest BCUT2D eigenvalue weighted by molar-refractivity contribution is -0.147. The van der Waals surface area contributed by atoms with Crippen molar-refractivity contribution in [1.29, 1.82) is 0 Å². The maximum atomic E-state index is 13.4. The summed E-state index contributed by atoms with van der Waals surface area (Å²) in [6, 6.07) is 13.6. The standard InChI is InChI=1S/C20H18N2O5/c1-26-14-7-5-6-13(12-14)21-18(24)15-8-3-4-9-16(15)22-17(23)10-11-20(21,22)19(25)27-2/h3-9,12H,10-11H2,1-2H3/t20-/m0/s1. The summed E-state index contributed by atoms with van der Waals surface area (Å²) in [5, 5.41) is 0. The molecule has 2 aliphatic rings. The molecule has 4 rings (SSSR count). The highest BCUT2D eigenvalue weighted by atomic mass is 16.5. The van der Waals surface area contributed by atoms with Crippen LogP contribution in [0, 0.1) is 0 Å². The predicted molar refractivity (Wildman–Crippen MR) is 97.7 cm³/mol. The number of esters is 1. The van der Waals surface area contributed by atoms with Crippen LogP contribution in [0.3, 0.4) is 0 Å². The van der Waals surface area contributed by atoms with Gasteiger partial charge in [-0.15, -0.1) is 0 Å². The number of carbonyl (C=O) groups is 3. The summed E-state index contributed by atoms with van der Waals surface area (Å²) in [6.45, 7) is 0. The fourth-order valence-electron chi connectivity index (χ4n) is 3.92. The van der Waals surface area contributed by atoms with Gasteiger partial charge in [0.05, 0.1) is 31.2 Å². The molecule has 2 heterocycles. The van der Waals surface area contributed by atoms with Crippen LogP contribution in [0.5, 0.6) is 5.75 Å². The summed E-state index contributed by atoms with van der Waals surface area (Å²) in [7, 11) is 2.78. The Balaban J connectivity index is 2.02. The molecule has 2 aliphatic heterocycles. The second-order valence-corrected chi connectivity index (χ2v) is 6.40. The molecule has 0 aromatic heterocycles. The number of anilines is 2. The van der Waals surface area contributed by atoms with E-state index in [9.17, 15) is 14.4 Å². The normalized spacial score (nSPS) is 21.0. The van der Waals surface area contributed by atoms with Gasteiger partial charge in [0.15, 0.2) is 0 Å². The van der Waals surface area contributed by atoms with E-state index < -0.39 is 11.6 Å². The van der Waals surface area contributed by atoms with Gasteiger partial charge in [0.2, 0.25) is 11.6 Å². The van der Waals surface area contributed by atoms with Crippen molar-refractivity contribution in [2.45, 2.75) is 18.5 Å². The van der Waals surface area contributed by atoms with Crippen molar-refractivity contribution in [2.75, 3.05) is 24.0 Å². The molecular weight excluding hydrogens is 348 g/mol. The molecule has 0 spiro atoms. The molecule has 138 valence electrons. The van der Waals surface area contributed by atoms with Crippen molar-refractivity contribution in [3.05, 3.63) is 54.1 Å². The molecule has 0 radical (unpaired) electrons. The Bertz CT molecular complexity index is 957. The van der Waals surface area contributed by atoms with Gasteiger partial charge in [0, 0.05) is 18.9 Å². The number of para-hydroxylation sites is 1. The van der Waals surface area contributed by atoms with Crippen molar-refractivity contribution in [1.82, 2.24) is 0 Å². The largest absolute Gasteiger partial charge is 0.497 e. The van der Waals surface area contributed by atoms with E-state index in [2.05, 4.69) is 0 Å². The van der Waals surface area contributed by atoms with Crippen molar-refractivity contribution in [2.24, 2.45) is 0 Å². The SMILES string of the molecule is COC(=O)[C@]12CCC(=O)N1c1ccccc1C(=O)N2c1cccc(OC)c1. The first kappa shape index (κ1) is 17.1. The third kappa shape index (κ3) is 2.24. The summed E-state index contributed by atoms with van der Waals surface area (Å²) < 4.78 is 10.3. The Morgan fingerprint density at radius 3 is 2.56 bits per heavy atom. The lowest BCUT2D eigenvalue weighted by Crippen LogP contribution is -2.68. The number of hydrogen-bond donors (Lipinski definition) is 0. The number of nitrogens with zero attached hydrogens (tertiary/aromatic N) is 2. The van der Waals surface area contributed by atoms with Crippen LogP contribution in [0.15, 0.2) is 48.5 Å². The Labute approximate surface area is 156 Å². The van der Waals surface area contributed by atoms with Gasteiger partial charge in [-0.05, 0) is 24.3 Å². The molecule has 0 unspecified atom stereocenters. The zero-order valence-corrected chi connectivity index (χ0v) is 15.0. The van der Waals surface area contributed by atoms with E-state index in [1.165, 1.54) is 24.0 Å². The van der Waals surface area contributed by atoms with E-state index >= 15 is 0 Å². The Morgan fingerprint density at radius 1 is 1.04 bits per heavy atom. The number of amides is 2. The fraction of sp³-hybridized carbons (Fsp3) is 0.250. The summed E-state index contributed by atoms with van der Waals surface area (Å²) in [4.78, 5) is 41.9. The zero-order chi connectivity index (χ0) is 19.2.